The van der Waals surface area contributed by atoms with Crippen LogP contribution in [0.4, 0.5) is 0 Å². The molecule has 0 radical (unpaired) electrons. The van der Waals surface area contributed by atoms with E-state index in [1.807, 2.05) is 50.3 Å². The van der Waals surface area contributed by atoms with Gasteiger partial charge in [-0.3, -0.25) is 4.84 Å². The lowest BCUT2D eigenvalue weighted by molar-refractivity contribution is -0.102. The standard InChI is InChI=1S/C24H43NO3Si/c1-10-16-24(9,25-27-17-22-14-12-11-13-15-22)23(26)21(8)28-29(18(2)3,19(4)5)20(6)7/h10-15,18-21,23,25-26H,1,16-17H2,2-9H3/t21-,23+,24-/m0/s1. The normalized spacial score (nSPS) is 16.8. The van der Waals surface area contributed by atoms with Crippen LogP contribution in [-0.4, -0.2) is 31.2 Å². The second kappa shape index (κ2) is 11.4. The predicted molar refractivity (Wildman–Crippen MR) is 125 cm³/mol. The molecule has 1 rings (SSSR count). The average Bonchev–Trinajstić information content (AvgIpc) is 2.65. The van der Waals surface area contributed by atoms with E-state index >= 15 is 0 Å². The van der Waals surface area contributed by atoms with Gasteiger partial charge in [-0.05, 0) is 42.5 Å². The van der Waals surface area contributed by atoms with Crippen LogP contribution in [-0.2, 0) is 15.9 Å². The van der Waals surface area contributed by atoms with Crippen LogP contribution in [0, 0.1) is 0 Å². The van der Waals surface area contributed by atoms with E-state index < -0.39 is 20.0 Å². The maximum absolute atomic E-state index is 11.3. The van der Waals surface area contributed by atoms with Gasteiger partial charge >= 0.3 is 0 Å². The second-order valence-corrected chi connectivity index (χ2v) is 14.8. The molecule has 0 aromatic heterocycles. The molecule has 0 aliphatic rings. The molecule has 3 atom stereocenters. The summed E-state index contributed by atoms with van der Waals surface area (Å²) in [5.41, 5.74) is 4.88. The Kier molecular flexibility index (Phi) is 10.3. The fourth-order valence-electron chi connectivity index (χ4n) is 4.69. The van der Waals surface area contributed by atoms with Crippen LogP contribution in [0.2, 0.25) is 16.6 Å². The van der Waals surface area contributed by atoms with Gasteiger partial charge in [0.15, 0.2) is 0 Å². The van der Waals surface area contributed by atoms with Gasteiger partial charge in [0.1, 0.15) is 0 Å². The molecule has 0 heterocycles. The minimum absolute atomic E-state index is 0.313. The van der Waals surface area contributed by atoms with Gasteiger partial charge in [0.25, 0.3) is 0 Å². The van der Waals surface area contributed by atoms with Crippen molar-refractivity contribution in [1.29, 1.82) is 0 Å². The Morgan fingerprint density at radius 3 is 2.00 bits per heavy atom. The highest BCUT2D eigenvalue weighted by Crippen LogP contribution is 2.43. The lowest BCUT2D eigenvalue weighted by Gasteiger charge is -2.47. The van der Waals surface area contributed by atoms with E-state index in [9.17, 15) is 5.11 Å². The van der Waals surface area contributed by atoms with Gasteiger partial charge in [-0.2, -0.15) is 5.48 Å². The summed E-state index contributed by atoms with van der Waals surface area (Å²) in [7, 11) is -2.09. The molecule has 0 aliphatic carbocycles. The second-order valence-electron chi connectivity index (χ2n) is 9.37. The number of benzene rings is 1. The van der Waals surface area contributed by atoms with Gasteiger partial charge in [-0.1, -0.05) is 78.0 Å². The third kappa shape index (κ3) is 6.50. The molecule has 0 spiro atoms. The molecule has 2 N–H and O–H groups in total. The zero-order valence-corrected chi connectivity index (χ0v) is 20.7. The van der Waals surface area contributed by atoms with E-state index in [4.69, 9.17) is 9.26 Å². The number of aliphatic hydroxyl groups excluding tert-OH is 1. The number of hydrogen-bond acceptors (Lipinski definition) is 4. The van der Waals surface area contributed by atoms with E-state index in [1.54, 1.807) is 0 Å². The van der Waals surface area contributed by atoms with Crippen LogP contribution in [0.15, 0.2) is 43.0 Å². The lowest BCUT2D eigenvalue weighted by atomic mass is 9.89. The Hall–Kier alpha value is -0.983. The van der Waals surface area contributed by atoms with Crippen LogP contribution < -0.4 is 5.48 Å². The molecule has 0 fully saturated rings. The maximum atomic E-state index is 11.3. The smallest absolute Gasteiger partial charge is 0.200 e. The van der Waals surface area contributed by atoms with E-state index in [0.717, 1.165) is 5.56 Å². The maximum Gasteiger partial charge on any atom is 0.200 e. The zero-order valence-electron chi connectivity index (χ0n) is 19.7. The van der Waals surface area contributed by atoms with Crippen LogP contribution in [0.1, 0.15) is 67.4 Å². The molecule has 1 aromatic rings. The highest BCUT2D eigenvalue weighted by molar-refractivity contribution is 6.77. The number of rotatable bonds is 13. The van der Waals surface area contributed by atoms with Crippen LogP contribution in [0.25, 0.3) is 0 Å². The number of aliphatic hydroxyl groups is 1. The quantitative estimate of drug-likeness (QED) is 0.233. The zero-order chi connectivity index (χ0) is 22.2. The molecular weight excluding hydrogens is 378 g/mol. The largest absolute Gasteiger partial charge is 0.411 e. The first-order valence-corrected chi connectivity index (χ1v) is 13.0. The van der Waals surface area contributed by atoms with Crippen molar-refractivity contribution in [2.75, 3.05) is 0 Å². The highest BCUT2D eigenvalue weighted by Gasteiger charge is 2.48. The molecule has 0 saturated carbocycles. The van der Waals surface area contributed by atoms with Crippen molar-refractivity contribution < 1.29 is 14.4 Å². The molecule has 0 bridgehead atoms. The van der Waals surface area contributed by atoms with Gasteiger partial charge in [-0.15, -0.1) is 6.58 Å². The van der Waals surface area contributed by atoms with E-state index in [2.05, 4.69) is 53.6 Å². The van der Waals surface area contributed by atoms with E-state index in [0.29, 0.717) is 29.7 Å². The summed E-state index contributed by atoms with van der Waals surface area (Å²) in [6.07, 6.45) is 1.33. The Morgan fingerprint density at radius 1 is 1.03 bits per heavy atom. The molecule has 0 saturated heterocycles. The first-order chi connectivity index (χ1) is 13.5. The minimum Gasteiger partial charge on any atom is -0.411 e. The minimum atomic E-state index is -2.09. The van der Waals surface area contributed by atoms with Crippen molar-refractivity contribution in [1.82, 2.24) is 5.48 Å². The third-order valence-electron chi connectivity index (χ3n) is 6.15. The summed E-state index contributed by atoms with van der Waals surface area (Å²) in [6.45, 7) is 21.8. The van der Waals surface area contributed by atoms with Crippen LogP contribution in [0.3, 0.4) is 0 Å². The van der Waals surface area contributed by atoms with Gasteiger partial charge in [0.2, 0.25) is 8.32 Å². The Labute approximate surface area is 179 Å². The molecule has 0 unspecified atom stereocenters. The van der Waals surface area contributed by atoms with Crippen LogP contribution >= 0.6 is 0 Å². The molecule has 0 amide bonds. The molecular formula is C24H43NO3Si. The van der Waals surface area contributed by atoms with Crippen molar-refractivity contribution in [3.8, 4) is 0 Å². The summed E-state index contributed by atoms with van der Waals surface area (Å²) in [5.74, 6) is 0. The van der Waals surface area contributed by atoms with Gasteiger partial charge in [-0.25, -0.2) is 0 Å². The van der Waals surface area contributed by atoms with Crippen molar-refractivity contribution >= 4 is 8.32 Å². The monoisotopic (exact) mass is 421 g/mol. The average molecular weight is 422 g/mol. The summed E-state index contributed by atoms with van der Waals surface area (Å²) < 4.78 is 6.80. The first kappa shape index (κ1) is 26.1. The number of nitrogens with one attached hydrogen (secondary N) is 1. The van der Waals surface area contributed by atoms with E-state index in [1.165, 1.54) is 0 Å². The fraction of sp³-hybridized carbons (Fsp3) is 0.667. The summed E-state index contributed by atoms with van der Waals surface area (Å²) in [5, 5.41) is 11.3. The first-order valence-electron chi connectivity index (χ1n) is 10.9. The van der Waals surface area contributed by atoms with Gasteiger partial charge in [0, 0.05) is 0 Å². The molecule has 4 nitrogen and oxygen atoms in total. The van der Waals surface area contributed by atoms with Crippen LogP contribution in [0.5, 0.6) is 0 Å². The summed E-state index contributed by atoms with van der Waals surface area (Å²) in [4.78, 5) is 5.78. The predicted octanol–water partition coefficient (Wildman–Crippen LogP) is 5.98. The summed E-state index contributed by atoms with van der Waals surface area (Å²) in [6, 6.07) is 9.99. The van der Waals surface area contributed by atoms with Crippen molar-refractivity contribution in [3.05, 3.63) is 48.6 Å². The summed E-state index contributed by atoms with van der Waals surface area (Å²) >= 11 is 0. The highest BCUT2D eigenvalue weighted by atomic mass is 28.4. The topological polar surface area (TPSA) is 50.7 Å². The van der Waals surface area contributed by atoms with Crippen molar-refractivity contribution in [2.45, 2.75) is 103 Å². The van der Waals surface area contributed by atoms with Crippen molar-refractivity contribution in [2.24, 2.45) is 0 Å². The molecule has 0 aliphatic heterocycles. The molecule has 166 valence electrons. The molecule has 5 heteroatoms. The number of hydrogen-bond donors (Lipinski definition) is 2. The number of hydroxylamine groups is 1. The van der Waals surface area contributed by atoms with Gasteiger partial charge in [0.05, 0.1) is 24.4 Å². The van der Waals surface area contributed by atoms with Crippen molar-refractivity contribution in [3.63, 3.8) is 0 Å². The van der Waals surface area contributed by atoms with Gasteiger partial charge < -0.3 is 9.53 Å². The van der Waals surface area contributed by atoms with E-state index in [-0.39, 0.29) is 6.10 Å². The molecule has 1 aromatic carbocycles. The Morgan fingerprint density at radius 2 is 1.55 bits per heavy atom. The SMILES string of the molecule is C=CC[C@](C)(NOCc1ccccc1)[C@H](O)[C@H](C)O[Si](C(C)C)(C(C)C)C(C)C. The third-order valence-corrected chi connectivity index (χ3v) is 12.3. The molecule has 29 heavy (non-hydrogen) atoms. The Balaban J connectivity index is 2.94. The fourth-order valence-corrected chi connectivity index (χ4v) is 10.3. The lowest BCUT2D eigenvalue weighted by Crippen LogP contribution is -2.59. The Bertz CT molecular complexity index is 584.